The molecule has 414 valence electrons. The van der Waals surface area contributed by atoms with Gasteiger partial charge in [-0.1, -0.05) is 308 Å². The maximum absolute atomic E-state index is 12.5. The fourth-order valence-electron chi connectivity index (χ4n) is 9.89. The first kappa shape index (κ1) is 68.3. The van der Waals surface area contributed by atoms with E-state index < -0.39 is 12.1 Å². The van der Waals surface area contributed by atoms with E-state index in [1.165, 1.54) is 263 Å². The van der Waals surface area contributed by atoms with E-state index in [1.807, 2.05) is 0 Å². The van der Waals surface area contributed by atoms with Crippen molar-refractivity contribution in [2.75, 3.05) is 13.2 Å². The summed E-state index contributed by atoms with van der Waals surface area (Å²) in [4.78, 5) is 24.5. The van der Waals surface area contributed by atoms with Gasteiger partial charge in [-0.3, -0.25) is 9.59 Å². The molecule has 0 aromatic carbocycles. The van der Waals surface area contributed by atoms with Crippen molar-refractivity contribution in [1.29, 1.82) is 0 Å². The number of nitrogens with one attached hydrogen (secondary N) is 1. The van der Waals surface area contributed by atoms with Crippen LogP contribution in [0.15, 0.2) is 24.3 Å². The number of hydrogen-bond donors (Lipinski definition) is 3. The number of allylic oxidation sites excluding steroid dienone is 4. The van der Waals surface area contributed by atoms with E-state index in [4.69, 9.17) is 4.74 Å². The van der Waals surface area contributed by atoms with Gasteiger partial charge in [-0.15, -0.1) is 0 Å². The second-order valence-electron chi connectivity index (χ2n) is 21.7. The zero-order valence-electron chi connectivity index (χ0n) is 47.3. The first-order valence-corrected chi connectivity index (χ1v) is 31.6. The van der Waals surface area contributed by atoms with Crippen LogP contribution in [0.5, 0.6) is 0 Å². The molecule has 0 bridgehead atoms. The van der Waals surface area contributed by atoms with E-state index in [2.05, 4.69) is 43.5 Å². The second kappa shape index (κ2) is 59.9. The predicted octanol–water partition coefficient (Wildman–Crippen LogP) is 19.8. The van der Waals surface area contributed by atoms with E-state index in [0.29, 0.717) is 25.9 Å². The van der Waals surface area contributed by atoms with Crippen molar-refractivity contribution >= 4 is 11.9 Å². The van der Waals surface area contributed by atoms with Gasteiger partial charge in [0.05, 0.1) is 25.4 Å². The van der Waals surface area contributed by atoms with Crippen LogP contribution in [0.3, 0.4) is 0 Å². The molecule has 0 fully saturated rings. The van der Waals surface area contributed by atoms with Crippen LogP contribution in [-0.2, 0) is 14.3 Å². The fourth-order valence-corrected chi connectivity index (χ4v) is 9.89. The molecule has 6 heteroatoms. The van der Waals surface area contributed by atoms with E-state index in [1.54, 1.807) is 0 Å². The topological polar surface area (TPSA) is 95.9 Å². The SMILES string of the molecule is CCCC/C=C\C/C=C\CCCCCCCC(=O)OCCCCCCCCCCCCCCCCCCCCCCCCCCCCCC(=O)NC(CO)C(O)CCCCCCCCCCCCCC. The maximum Gasteiger partial charge on any atom is 0.305 e. The van der Waals surface area contributed by atoms with Crippen LogP contribution in [0.25, 0.3) is 0 Å². The molecule has 0 spiro atoms. The van der Waals surface area contributed by atoms with Crippen molar-refractivity contribution in [2.45, 2.75) is 360 Å². The van der Waals surface area contributed by atoms with Crippen LogP contribution in [0, 0.1) is 0 Å². The molecule has 0 aromatic heterocycles. The van der Waals surface area contributed by atoms with Crippen molar-refractivity contribution in [2.24, 2.45) is 0 Å². The molecule has 0 heterocycles. The summed E-state index contributed by atoms with van der Waals surface area (Å²) in [7, 11) is 0. The lowest BCUT2D eigenvalue weighted by atomic mass is 10.0. The van der Waals surface area contributed by atoms with Gasteiger partial charge in [0.25, 0.3) is 0 Å². The van der Waals surface area contributed by atoms with Gasteiger partial charge in [0.15, 0.2) is 0 Å². The summed E-state index contributed by atoms with van der Waals surface area (Å²) >= 11 is 0. The summed E-state index contributed by atoms with van der Waals surface area (Å²) in [5, 5.41) is 23.2. The molecular formula is C64H123NO5. The van der Waals surface area contributed by atoms with Gasteiger partial charge >= 0.3 is 5.97 Å². The number of aliphatic hydroxyl groups is 2. The molecule has 2 unspecified atom stereocenters. The van der Waals surface area contributed by atoms with Crippen molar-refractivity contribution in [1.82, 2.24) is 5.32 Å². The number of amides is 1. The summed E-state index contributed by atoms with van der Waals surface area (Å²) in [6.07, 6.45) is 73.4. The van der Waals surface area contributed by atoms with Gasteiger partial charge in [-0.25, -0.2) is 0 Å². The monoisotopic (exact) mass is 986 g/mol. The Balaban J connectivity index is 3.33. The highest BCUT2D eigenvalue weighted by atomic mass is 16.5. The standard InChI is InChI=1S/C64H123NO5/c1-3-5-7-9-11-13-15-17-34-38-42-46-50-54-58-64(69)70-59-55-51-47-43-39-35-32-30-28-26-24-22-20-18-19-21-23-25-27-29-31-33-37-41-45-49-53-57-63(68)65-61(60-66)62(67)56-52-48-44-40-36-16-14-12-10-8-6-4-2/h9,11,15,17,61-62,66-67H,3-8,10,12-14,16,18-60H2,1-2H3,(H,65,68)/b11-9-,17-15-. The summed E-state index contributed by atoms with van der Waals surface area (Å²) in [6.45, 7) is 4.92. The highest BCUT2D eigenvalue weighted by Gasteiger charge is 2.20. The molecule has 0 aliphatic carbocycles. The highest BCUT2D eigenvalue weighted by Crippen LogP contribution is 2.18. The summed E-state index contributed by atoms with van der Waals surface area (Å²) in [6, 6.07) is -0.538. The minimum absolute atomic E-state index is 0.00363. The van der Waals surface area contributed by atoms with E-state index in [-0.39, 0.29) is 18.5 Å². The van der Waals surface area contributed by atoms with Crippen LogP contribution >= 0.6 is 0 Å². The number of carbonyl (C=O) groups excluding carboxylic acids is 2. The third-order valence-electron chi connectivity index (χ3n) is 14.8. The van der Waals surface area contributed by atoms with Crippen LogP contribution in [-0.4, -0.2) is 47.4 Å². The Kier molecular flexibility index (Phi) is 58.5. The Bertz CT molecular complexity index is 1090. The summed E-state index contributed by atoms with van der Waals surface area (Å²) in [5.41, 5.74) is 0. The third kappa shape index (κ3) is 55.7. The second-order valence-corrected chi connectivity index (χ2v) is 21.7. The molecule has 0 aliphatic rings. The minimum atomic E-state index is -0.661. The molecule has 0 aromatic rings. The molecule has 0 saturated carbocycles. The summed E-state index contributed by atoms with van der Waals surface area (Å²) in [5.74, 6) is -0.0279. The lowest BCUT2D eigenvalue weighted by Crippen LogP contribution is -2.45. The average molecular weight is 987 g/mol. The Morgan fingerprint density at radius 2 is 0.729 bits per heavy atom. The third-order valence-corrected chi connectivity index (χ3v) is 14.8. The zero-order chi connectivity index (χ0) is 50.7. The summed E-state index contributed by atoms with van der Waals surface area (Å²) < 4.78 is 5.48. The smallest absolute Gasteiger partial charge is 0.305 e. The lowest BCUT2D eigenvalue weighted by Gasteiger charge is -2.22. The molecule has 70 heavy (non-hydrogen) atoms. The van der Waals surface area contributed by atoms with E-state index >= 15 is 0 Å². The van der Waals surface area contributed by atoms with E-state index in [0.717, 1.165) is 51.4 Å². The number of rotatable bonds is 59. The number of aliphatic hydroxyl groups excluding tert-OH is 2. The number of esters is 1. The normalized spacial score (nSPS) is 12.7. The van der Waals surface area contributed by atoms with Crippen molar-refractivity contribution in [3.8, 4) is 0 Å². The van der Waals surface area contributed by atoms with Crippen LogP contribution in [0.2, 0.25) is 0 Å². The van der Waals surface area contributed by atoms with Gasteiger partial charge in [0.1, 0.15) is 0 Å². The van der Waals surface area contributed by atoms with Gasteiger partial charge in [0, 0.05) is 12.8 Å². The molecule has 0 saturated heterocycles. The number of carbonyl (C=O) groups is 2. The molecule has 0 radical (unpaired) electrons. The number of ether oxygens (including phenoxy) is 1. The zero-order valence-corrected chi connectivity index (χ0v) is 47.3. The van der Waals surface area contributed by atoms with Gasteiger partial charge in [-0.05, 0) is 51.4 Å². The minimum Gasteiger partial charge on any atom is -0.466 e. The Morgan fingerprint density at radius 1 is 0.400 bits per heavy atom. The number of unbranched alkanes of at least 4 members (excludes halogenated alkanes) is 44. The Morgan fingerprint density at radius 3 is 1.13 bits per heavy atom. The van der Waals surface area contributed by atoms with Crippen molar-refractivity contribution in [3.05, 3.63) is 24.3 Å². The quantitative estimate of drug-likeness (QED) is 0.0321. The van der Waals surface area contributed by atoms with Crippen molar-refractivity contribution < 1.29 is 24.5 Å². The van der Waals surface area contributed by atoms with E-state index in [9.17, 15) is 19.8 Å². The predicted molar refractivity (Wildman–Crippen MR) is 306 cm³/mol. The highest BCUT2D eigenvalue weighted by molar-refractivity contribution is 5.76. The molecule has 2 atom stereocenters. The van der Waals surface area contributed by atoms with Crippen LogP contribution in [0.1, 0.15) is 348 Å². The van der Waals surface area contributed by atoms with Crippen molar-refractivity contribution in [3.63, 3.8) is 0 Å². The molecule has 6 nitrogen and oxygen atoms in total. The number of hydrogen-bond acceptors (Lipinski definition) is 5. The molecular weight excluding hydrogens is 863 g/mol. The molecule has 0 rings (SSSR count). The largest absolute Gasteiger partial charge is 0.466 e. The Labute approximate surface area is 437 Å². The molecule has 0 aliphatic heterocycles. The fraction of sp³-hybridized carbons (Fsp3) is 0.906. The van der Waals surface area contributed by atoms with Gasteiger partial charge in [-0.2, -0.15) is 0 Å². The first-order valence-electron chi connectivity index (χ1n) is 31.6. The van der Waals surface area contributed by atoms with Gasteiger partial charge in [0.2, 0.25) is 5.91 Å². The average Bonchev–Trinajstić information content (AvgIpc) is 3.36. The lowest BCUT2D eigenvalue weighted by molar-refractivity contribution is -0.143. The molecule has 1 amide bonds. The van der Waals surface area contributed by atoms with Crippen LogP contribution in [0.4, 0.5) is 0 Å². The maximum atomic E-state index is 12.5. The van der Waals surface area contributed by atoms with Crippen LogP contribution < -0.4 is 5.32 Å². The first-order chi connectivity index (χ1) is 34.5. The van der Waals surface area contributed by atoms with Gasteiger partial charge < -0.3 is 20.3 Å². The molecule has 3 N–H and O–H groups in total. The Hall–Kier alpha value is -1.66.